The maximum absolute atomic E-state index is 12.7. The lowest BCUT2D eigenvalue weighted by molar-refractivity contribution is -0.154. The van der Waals surface area contributed by atoms with Gasteiger partial charge < -0.3 is 14.6 Å². The summed E-state index contributed by atoms with van der Waals surface area (Å²) >= 11 is 1.34. The molecule has 2 aromatic rings. The van der Waals surface area contributed by atoms with Gasteiger partial charge in [-0.25, -0.2) is 4.79 Å². The van der Waals surface area contributed by atoms with Crippen LogP contribution in [0.1, 0.15) is 51.5 Å². The summed E-state index contributed by atoms with van der Waals surface area (Å²) in [5.74, 6) is 0.473. The molecule has 0 radical (unpaired) electrons. The molecule has 3 rings (SSSR count). The zero-order valence-electron chi connectivity index (χ0n) is 17.9. The molecule has 1 N–H and O–H groups in total. The first kappa shape index (κ1) is 22.3. The highest BCUT2D eigenvalue weighted by Crippen LogP contribution is 2.30. The molecule has 0 atom stereocenters. The van der Waals surface area contributed by atoms with Crippen molar-refractivity contribution >= 4 is 23.6 Å². The number of hydrogen-bond donors (Lipinski definition) is 1. The Morgan fingerprint density at radius 1 is 1.17 bits per heavy atom. The van der Waals surface area contributed by atoms with E-state index in [2.05, 4.69) is 15.5 Å². The summed E-state index contributed by atoms with van der Waals surface area (Å²) in [5, 5.41) is 12.3. The third-order valence-corrected chi connectivity index (χ3v) is 6.47. The molecule has 0 unspecified atom stereocenters. The minimum atomic E-state index is -0.892. The van der Waals surface area contributed by atoms with Gasteiger partial charge in [-0.1, -0.05) is 55.3 Å². The van der Waals surface area contributed by atoms with E-state index in [1.54, 1.807) is 6.92 Å². The molecule has 1 aliphatic rings. The van der Waals surface area contributed by atoms with Crippen molar-refractivity contribution < 1.29 is 14.3 Å². The molecule has 0 saturated heterocycles. The fourth-order valence-electron chi connectivity index (χ4n) is 3.94. The van der Waals surface area contributed by atoms with E-state index in [4.69, 9.17) is 4.74 Å². The van der Waals surface area contributed by atoms with Crippen LogP contribution in [0.4, 0.5) is 0 Å². The maximum atomic E-state index is 12.7. The summed E-state index contributed by atoms with van der Waals surface area (Å²) < 4.78 is 7.28. The Kier molecular flexibility index (Phi) is 7.53. The van der Waals surface area contributed by atoms with Crippen molar-refractivity contribution in [3.63, 3.8) is 0 Å². The molecule has 1 aromatic carbocycles. The van der Waals surface area contributed by atoms with Gasteiger partial charge in [0.15, 0.2) is 11.0 Å². The van der Waals surface area contributed by atoms with Crippen LogP contribution in [-0.4, -0.2) is 44.5 Å². The molecule has 1 aromatic heterocycles. The normalized spacial score (nSPS) is 15.6. The standard InChI is InChI=1S/C22H30N4O3S/c1-4-26-19(17-12-8-7-11-16(17)3)24-25-21(26)30-15-18(27)23-22(20(28)29-5-2)13-9-6-10-14-22/h7-8,11-12H,4-6,9-10,13-15H2,1-3H3,(H,23,27). The molecule has 0 bridgehead atoms. The monoisotopic (exact) mass is 430 g/mol. The first-order valence-corrected chi connectivity index (χ1v) is 11.6. The Labute approximate surface area is 182 Å². The van der Waals surface area contributed by atoms with Crippen LogP contribution < -0.4 is 5.32 Å². The van der Waals surface area contributed by atoms with Crippen LogP contribution in [0.5, 0.6) is 0 Å². The summed E-state index contributed by atoms with van der Waals surface area (Å²) in [4.78, 5) is 25.3. The molecule has 30 heavy (non-hydrogen) atoms. The molecular formula is C22H30N4O3S. The Morgan fingerprint density at radius 2 is 1.90 bits per heavy atom. The average Bonchev–Trinajstić information content (AvgIpc) is 3.16. The van der Waals surface area contributed by atoms with Crippen LogP contribution in [0, 0.1) is 6.92 Å². The van der Waals surface area contributed by atoms with Crippen molar-refractivity contribution in [1.82, 2.24) is 20.1 Å². The third kappa shape index (κ3) is 4.86. The molecule has 1 fully saturated rings. The number of aromatic nitrogens is 3. The quantitative estimate of drug-likeness (QED) is 0.507. The number of nitrogens with one attached hydrogen (secondary N) is 1. The topological polar surface area (TPSA) is 86.1 Å². The van der Waals surface area contributed by atoms with E-state index < -0.39 is 5.54 Å². The largest absolute Gasteiger partial charge is 0.464 e. The number of benzene rings is 1. The van der Waals surface area contributed by atoms with Crippen LogP contribution >= 0.6 is 11.8 Å². The maximum Gasteiger partial charge on any atom is 0.331 e. The van der Waals surface area contributed by atoms with Crippen molar-refractivity contribution in [3.05, 3.63) is 29.8 Å². The number of amides is 1. The number of ether oxygens (including phenoxy) is 1. The lowest BCUT2D eigenvalue weighted by Crippen LogP contribution is -2.56. The van der Waals surface area contributed by atoms with E-state index in [-0.39, 0.29) is 17.6 Å². The van der Waals surface area contributed by atoms with Crippen LogP contribution in [0.15, 0.2) is 29.4 Å². The summed E-state index contributed by atoms with van der Waals surface area (Å²) in [5.41, 5.74) is 1.27. The van der Waals surface area contributed by atoms with Gasteiger partial charge in [0.2, 0.25) is 5.91 Å². The number of esters is 1. The van der Waals surface area contributed by atoms with Crippen molar-refractivity contribution in [2.75, 3.05) is 12.4 Å². The van der Waals surface area contributed by atoms with Gasteiger partial charge in [0.1, 0.15) is 5.54 Å². The number of hydrogen-bond acceptors (Lipinski definition) is 6. The molecule has 0 aliphatic heterocycles. The molecular weight excluding hydrogens is 400 g/mol. The highest BCUT2D eigenvalue weighted by atomic mass is 32.2. The van der Waals surface area contributed by atoms with E-state index in [9.17, 15) is 9.59 Å². The minimum absolute atomic E-state index is 0.174. The molecule has 1 saturated carbocycles. The van der Waals surface area contributed by atoms with Crippen molar-refractivity contribution in [3.8, 4) is 11.4 Å². The Balaban J connectivity index is 1.70. The zero-order chi connectivity index (χ0) is 21.6. The predicted octanol–water partition coefficient (Wildman–Crippen LogP) is 3.75. The van der Waals surface area contributed by atoms with Gasteiger partial charge in [0.25, 0.3) is 0 Å². The number of carbonyl (C=O) groups is 2. The SMILES string of the molecule is CCOC(=O)C1(NC(=O)CSc2nnc(-c3ccccc3C)n2CC)CCCCC1. The lowest BCUT2D eigenvalue weighted by Gasteiger charge is -2.35. The Bertz CT molecular complexity index is 890. The second kappa shape index (κ2) is 10.1. The fourth-order valence-corrected chi connectivity index (χ4v) is 4.74. The first-order valence-electron chi connectivity index (χ1n) is 10.6. The van der Waals surface area contributed by atoms with Gasteiger partial charge in [-0.05, 0) is 39.2 Å². The van der Waals surface area contributed by atoms with Crippen LogP contribution in [-0.2, 0) is 20.9 Å². The van der Waals surface area contributed by atoms with Crippen molar-refractivity contribution in [2.45, 2.75) is 70.1 Å². The number of aryl methyl sites for hydroxylation is 1. The Morgan fingerprint density at radius 3 is 2.57 bits per heavy atom. The van der Waals surface area contributed by atoms with Gasteiger partial charge in [-0.15, -0.1) is 10.2 Å². The van der Waals surface area contributed by atoms with Gasteiger partial charge in [0.05, 0.1) is 12.4 Å². The molecule has 1 heterocycles. The lowest BCUT2D eigenvalue weighted by atomic mass is 9.81. The van der Waals surface area contributed by atoms with Crippen LogP contribution in [0.2, 0.25) is 0 Å². The number of nitrogens with zero attached hydrogens (tertiary/aromatic N) is 3. The number of carbonyl (C=O) groups excluding carboxylic acids is 2. The minimum Gasteiger partial charge on any atom is -0.464 e. The highest BCUT2D eigenvalue weighted by molar-refractivity contribution is 7.99. The second-order valence-electron chi connectivity index (χ2n) is 7.57. The fraction of sp³-hybridized carbons (Fsp3) is 0.545. The van der Waals surface area contributed by atoms with Gasteiger partial charge in [-0.2, -0.15) is 0 Å². The summed E-state index contributed by atoms with van der Waals surface area (Å²) in [6.45, 7) is 6.88. The molecule has 8 heteroatoms. The predicted molar refractivity (Wildman–Crippen MR) is 117 cm³/mol. The molecule has 7 nitrogen and oxygen atoms in total. The van der Waals surface area contributed by atoms with Crippen molar-refractivity contribution in [1.29, 1.82) is 0 Å². The zero-order valence-corrected chi connectivity index (χ0v) is 18.8. The summed E-state index contributed by atoms with van der Waals surface area (Å²) in [7, 11) is 0. The Hall–Kier alpha value is -2.35. The summed E-state index contributed by atoms with van der Waals surface area (Å²) in [6.07, 6.45) is 4.16. The first-order chi connectivity index (χ1) is 14.5. The molecule has 1 amide bonds. The number of thioether (sulfide) groups is 1. The average molecular weight is 431 g/mol. The van der Waals surface area contributed by atoms with E-state index >= 15 is 0 Å². The van der Waals surface area contributed by atoms with Crippen LogP contribution in [0.25, 0.3) is 11.4 Å². The van der Waals surface area contributed by atoms with E-state index in [1.807, 2.05) is 42.7 Å². The summed E-state index contributed by atoms with van der Waals surface area (Å²) in [6, 6.07) is 8.05. The van der Waals surface area contributed by atoms with E-state index in [1.165, 1.54) is 11.8 Å². The van der Waals surface area contributed by atoms with E-state index in [0.717, 1.165) is 36.2 Å². The van der Waals surface area contributed by atoms with Gasteiger partial charge in [-0.3, -0.25) is 4.79 Å². The van der Waals surface area contributed by atoms with Gasteiger partial charge in [0, 0.05) is 12.1 Å². The van der Waals surface area contributed by atoms with Crippen LogP contribution in [0.3, 0.4) is 0 Å². The third-order valence-electron chi connectivity index (χ3n) is 5.50. The molecule has 1 aliphatic carbocycles. The smallest absolute Gasteiger partial charge is 0.331 e. The molecule has 162 valence electrons. The molecule has 0 spiro atoms. The van der Waals surface area contributed by atoms with E-state index in [0.29, 0.717) is 31.1 Å². The second-order valence-corrected chi connectivity index (χ2v) is 8.51. The van der Waals surface area contributed by atoms with Crippen molar-refractivity contribution in [2.24, 2.45) is 0 Å². The van der Waals surface area contributed by atoms with Gasteiger partial charge >= 0.3 is 5.97 Å². The highest BCUT2D eigenvalue weighted by Gasteiger charge is 2.42. The number of rotatable bonds is 8.